The van der Waals surface area contributed by atoms with Gasteiger partial charge in [0.05, 0.1) is 18.6 Å². The molecule has 2 unspecified atom stereocenters. The van der Waals surface area contributed by atoms with E-state index in [9.17, 15) is 9.90 Å². The molecule has 0 heterocycles. The van der Waals surface area contributed by atoms with Gasteiger partial charge in [0.25, 0.3) is 0 Å². The van der Waals surface area contributed by atoms with Crippen molar-refractivity contribution >= 4 is 5.97 Å². The van der Waals surface area contributed by atoms with E-state index in [4.69, 9.17) is 4.74 Å². The lowest BCUT2D eigenvalue weighted by molar-refractivity contribution is -0.151. The third kappa shape index (κ3) is 3.72. The molecule has 0 aromatic rings. The molecule has 0 bridgehead atoms. The van der Waals surface area contributed by atoms with Crippen LogP contribution in [0.2, 0.25) is 0 Å². The topological polar surface area (TPSA) is 46.5 Å². The van der Waals surface area contributed by atoms with Crippen LogP contribution in [0.25, 0.3) is 0 Å². The Hall–Kier alpha value is -0.570. The van der Waals surface area contributed by atoms with Crippen molar-refractivity contribution < 1.29 is 14.6 Å². The van der Waals surface area contributed by atoms with E-state index in [1.165, 1.54) is 0 Å². The molecule has 0 aliphatic carbocycles. The average molecular weight is 174 g/mol. The number of carbonyl (C=O) groups is 1. The van der Waals surface area contributed by atoms with Crippen molar-refractivity contribution in [3.8, 4) is 0 Å². The van der Waals surface area contributed by atoms with E-state index < -0.39 is 6.10 Å². The summed E-state index contributed by atoms with van der Waals surface area (Å²) < 4.78 is 4.82. The van der Waals surface area contributed by atoms with E-state index in [1.807, 2.05) is 6.92 Å². The van der Waals surface area contributed by atoms with Gasteiger partial charge in [-0.1, -0.05) is 13.3 Å². The fourth-order valence-corrected chi connectivity index (χ4v) is 1.12. The quantitative estimate of drug-likeness (QED) is 0.640. The molecule has 0 saturated carbocycles. The number of hydrogen-bond acceptors (Lipinski definition) is 3. The molecule has 0 aromatic carbocycles. The first kappa shape index (κ1) is 11.4. The summed E-state index contributed by atoms with van der Waals surface area (Å²) in [5.41, 5.74) is 0. The van der Waals surface area contributed by atoms with E-state index in [1.54, 1.807) is 13.8 Å². The lowest BCUT2D eigenvalue weighted by atomic mass is 9.98. The number of esters is 1. The standard InChI is InChI=1S/C9H18O3/c1-4-6-8(7(3)10)9(11)12-5-2/h7-8,10H,4-6H2,1-3H3. The van der Waals surface area contributed by atoms with E-state index in [-0.39, 0.29) is 11.9 Å². The van der Waals surface area contributed by atoms with Gasteiger partial charge in [-0.15, -0.1) is 0 Å². The highest BCUT2D eigenvalue weighted by Crippen LogP contribution is 2.13. The Morgan fingerprint density at radius 1 is 1.50 bits per heavy atom. The van der Waals surface area contributed by atoms with E-state index >= 15 is 0 Å². The second-order valence-corrected chi connectivity index (χ2v) is 2.89. The molecule has 0 amide bonds. The number of hydrogen-bond donors (Lipinski definition) is 1. The molecule has 0 radical (unpaired) electrons. The number of ether oxygens (including phenoxy) is 1. The summed E-state index contributed by atoms with van der Waals surface area (Å²) in [4.78, 5) is 11.2. The first-order chi connectivity index (χ1) is 5.63. The zero-order chi connectivity index (χ0) is 9.56. The Morgan fingerprint density at radius 3 is 2.42 bits per heavy atom. The summed E-state index contributed by atoms with van der Waals surface area (Å²) >= 11 is 0. The van der Waals surface area contributed by atoms with Crippen LogP contribution in [0.5, 0.6) is 0 Å². The smallest absolute Gasteiger partial charge is 0.311 e. The van der Waals surface area contributed by atoms with Gasteiger partial charge in [-0.05, 0) is 20.3 Å². The lowest BCUT2D eigenvalue weighted by Crippen LogP contribution is -2.27. The molecule has 3 heteroatoms. The molecular weight excluding hydrogens is 156 g/mol. The van der Waals surface area contributed by atoms with Crippen molar-refractivity contribution in [2.45, 2.75) is 39.7 Å². The van der Waals surface area contributed by atoms with Gasteiger partial charge in [0, 0.05) is 0 Å². The van der Waals surface area contributed by atoms with Crippen molar-refractivity contribution in [3.05, 3.63) is 0 Å². The van der Waals surface area contributed by atoms with Gasteiger partial charge in [0.1, 0.15) is 0 Å². The number of aliphatic hydroxyl groups is 1. The second kappa shape index (κ2) is 6.00. The zero-order valence-electron chi connectivity index (χ0n) is 8.04. The summed E-state index contributed by atoms with van der Waals surface area (Å²) in [6.07, 6.45) is 0.967. The fraction of sp³-hybridized carbons (Fsp3) is 0.889. The van der Waals surface area contributed by atoms with Crippen LogP contribution in [0.3, 0.4) is 0 Å². The minimum atomic E-state index is -0.607. The average Bonchev–Trinajstić information content (AvgIpc) is 1.99. The van der Waals surface area contributed by atoms with Gasteiger partial charge in [-0.2, -0.15) is 0 Å². The maximum absolute atomic E-state index is 11.2. The summed E-state index contributed by atoms with van der Waals surface area (Å²) in [6.45, 7) is 5.75. The normalized spacial score (nSPS) is 15.3. The SMILES string of the molecule is CCCC(C(=O)OCC)C(C)O. The van der Waals surface area contributed by atoms with Crippen LogP contribution < -0.4 is 0 Å². The first-order valence-electron chi connectivity index (χ1n) is 4.48. The van der Waals surface area contributed by atoms with Crippen LogP contribution in [-0.4, -0.2) is 23.8 Å². The van der Waals surface area contributed by atoms with Gasteiger partial charge in [-0.25, -0.2) is 0 Å². The number of aliphatic hydroxyl groups excluding tert-OH is 1. The van der Waals surface area contributed by atoms with E-state index in [0.29, 0.717) is 13.0 Å². The van der Waals surface area contributed by atoms with Crippen molar-refractivity contribution in [2.24, 2.45) is 5.92 Å². The minimum Gasteiger partial charge on any atom is -0.466 e. The molecule has 0 saturated heterocycles. The Bertz CT molecular complexity index is 132. The van der Waals surface area contributed by atoms with Crippen molar-refractivity contribution in [1.29, 1.82) is 0 Å². The molecule has 72 valence electrons. The summed E-state index contributed by atoms with van der Waals surface area (Å²) in [6, 6.07) is 0. The molecule has 0 rings (SSSR count). The molecule has 2 atom stereocenters. The van der Waals surface area contributed by atoms with Crippen molar-refractivity contribution in [3.63, 3.8) is 0 Å². The Balaban J connectivity index is 4.00. The maximum atomic E-state index is 11.2. The van der Waals surface area contributed by atoms with Crippen molar-refractivity contribution in [2.75, 3.05) is 6.61 Å². The fourth-order valence-electron chi connectivity index (χ4n) is 1.12. The molecule has 1 N–H and O–H groups in total. The Kier molecular flexibility index (Phi) is 5.72. The number of carbonyl (C=O) groups excluding carboxylic acids is 1. The van der Waals surface area contributed by atoms with Gasteiger partial charge in [0.15, 0.2) is 0 Å². The maximum Gasteiger partial charge on any atom is 0.311 e. The molecule has 0 aliphatic rings. The predicted octanol–water partition coefficient (Wildman–Crippen LogP) is 1.35. The van der Waals surface area contributed by atoms with Crippen LogP contribution in [0.15, 0.2) is 0 Å². The summed E-state index contributed by atoms with van der Waals surface area (Å²) in [5.74, 6) is -0.635. The summed E-state index contributed by atoms with van der Waals surface area (Å²) in [5, 5.41) is 9.24. The Labute approximate surface area is 73.7 Å². The highest BCUT2D eigenvalue weighted by molar-refractivity contribution is 5.72. The molecular formula is C9H18O3. The van der Waals surface area contributed by atoms with Crippen LogP contribution in [-0.2, 0) is 9.53 Å². The predicted molar refractivity (Wildman–Crippen MR) is 46.7 cm³/mol. The first-order valence-corrected chi connectivity index (χ1v) is 4.48. The number of rotatable bonds is 5. The molecule has 0 fully saturated rings. The zero-order valence-corrected chi connectivity index (χ0v) is 8.04. The third-order valence-electron chi connectivity index (χ3n) is 1.77. The highest BCUT2D eigenvalue weighted by atomic mass is 16.5. The second-order valence-electron chi connectivity index (χ2n) is 2.89. The molecule has 0 aliphatic heterocycles. The molecule has 0 aromatic heterocycles. The van der Waals surface area contributed by atoms with Crippen LogP contribution in [0.4, 0.5) is 0 Å². The van der Waals surface area contributed by atoms with E-state index in [0.717, 1.165) is 6.42 Å². The van der Waals surface area contributed by atoms with Gasteiger partial charge in [-0.3, -0.25) is 4.79 Å². The van der Waals surface area contributed by atoms with Gasteiger partial charge in [0.2, 0.25) is 0 Å². The van der Waals surface area contributed by atoms with Crippen LogP contribution in [0, 0.1) is 5.92 Å². The minimum absolute atomic E-state index is 0.283. The summed E-state index contributed by atoms with van der Waals surface area (Å²) in [7, 11) is 0. The highest BCUT2D eigenvalue weighted by Gasteiger charge is 2.23. The van der Waals surface area contributed by atoms with Crippen molar-refractivity contribution in [1.82, 2.24) is 0 Å². The largest absolute Gasteiger partial charge is 0.466 e. The van der Waals surface area contributed by atoms with Gasteiger partial charge < -0.3 is 9.84 Å². The Morgan fingerprint density at radius 2 is 2.08 bits per heavy atom. The molecule has 12 heavy (non-hydrogen) atoms. The lowest BCUT2D eigenvalue weighted by Gasteiger charge is -2.16. The molecule has 0 spiro atoms. The van der Waals surface area contributed by atoms with Crippen LogP contribution in [0.1, 0.15) is 33.6 Å². The molecule has 3 nitrogen and oxygen atoms in total. The third-order valence-corrected chi connectivity index (χ3v) is 1.77. The monoisotopic (exact) mass is 174 g/mol. The van der Waals surface area contributed by atoms with E-state index in [2.05, 4.69) is 0 Å². The van der Waals surface area contributed by atoms with Gasteiger partial charge >= 0.3 is 5.97 Å². The van der Waals surface area contributed by atoms with Crippen LogP contribution >= 0.6 is 0 Å².